The van der Waals surface area contributed by atoms with Crippen LogP contribution in [0.4, 0.5) is 0 Å². The third-order valence-electron chi connectivity index (χ3n) is 2.58. The molecule has 1 atom stereocenters. The molecule has 0 unspecified atom stereocenters. The molecule has 1 fully saturated rings. The van der Waals surface area contributed by atoms with E-state index in [0.717, 1.165) is 25.7 Å². The predicted molar refractivity (Wildman–Crippen MR) is 45.0 cm³/mol. The number of rotatable bonds is 3. The van der Waals surface area contributed by atoms with Crippen LogP contribution in [-0.2, 0) is 9.53 Å². The summed E-state index contributed by atoms with van der Waals surface area (Å²) in [5.74, 6) is -0.578. The van der Waals surface area contributed by atoms with Crippen LogP contribution in [0.25, 0.3) is 0 Å². The van der Waals surface area contributed by atoms with Crippen molar-refractivity contribution >= 4 is 5.97 Å². The molecule has 0 aromatic rings. The zero-order chi connectivity index (χ0) is 8.97. The van der Waals surface area contributed by atoms with Gasteiger partial charge in [0.15, 0.2) is 6.10 Å². The summed E-state index contributed by atoms with van der Waals surface area (Å²) < 4.78 is 4.95. The Morgan fingerprint density at radius 1 is 1.42 bits per heavy atom. The van der Waals surface area contributed by atoms with Crippen LogP contribution >= 0.6 is 0 Å². The van der Waals surface area contributed by atoms with Crippen molar-refractivity contribution in [1.82, 2.24) is 0 Å². The lowest BCUT2D eigenvalue weighted by Gasteiger charge is -2.26. The number of hydrogen-bond donors (Lipinski definition) is 1. The number of methoxy groups -OCH3 is 1. The van der Waals surface area contributed by atoms with E-state index in [9.17, 15) is 4.79 Å². The highest BCUT2D eigenvalue weighted by Gasteiger charge is 2.28. The summed E-state index contributed by atoms with van der Waals surface area (Å²) in [5, 5.41) is 8.80. The Balaban J connectivity index is 2.46. The van der Waals surface area contributed by atoms with E-state index in [-0.39, 0.29) is 5.92 Å². The summed E-state index contributed by atoms with van der Waals surface area (Å²) in [7, 11) is 1.48. The monoisotopic (exact) mass is 172 g/mol. The molecule has 1 aliphatic rings. The number of ether oxygens (including phenoxy) is 1. The molecule has 0 aliphatic heterocycles. The largest absolute Gasteiger partial charge is 0.479 e. The summed E-state index contributed by atoms with van der Waals surface area (Å²) in [6.07, 6.45) is 4.97. The van der Waals surface area contributed by atoms with Gasteiger partial charge in [-0.25, -0.2) is 4.79 Å². The second-order valence-electron chi connectivity index (χ2n) is 3.39. The first-order valence-electron chi connectivity index (χ1n) is 4.51. The fourth-order valence-electron chi connectivity index (χ4n) is 1.93. The highest BCUT2D eigenvalue weighted by Crippen LogP contribution is 2.27. The number of carboxylic acid groups (broad SMARTS) is 1. The first kappa shape index (κ1) is 9.52. The van der Waals surface area contributed by atoms with Crippen molar-refractivity contribution < 1.29 is 14.6 Å². The molecule has 0 saturated heterocycles. The number of carbonyl (C=O) groups is 1. The van der Waals surface area contributed by atoms with Crippen LogP contribution in [0.3, 0.4) is 0 Å². The minimum Gasteiger partial charge on any atom is -0.479 e. The van der Waals surface area contributed by atoms with Crippen molar-refractivity contribution in [2.24, 2.45) is 5.92 Å². The zero-order valence-corrected chi connectivity index (χ0v) is 7.45. The summed E-state index contributed by atoms with van der Waals surface area (Å²) >= 11 is 0. The summed E-state index contributed by atoms with van der Waals surface area (Å²) in [6.45, 7) is 0. The molecule has 0 bridgehead atoms. The Morgan fingerprint density at radius 3 is 2.42 bits per heavy atom. The van der Waals surface area contributed by atoms with Crippen molar-refractivity contribution in [3.05, 3.63) is 0 Å². The maximum atomic E-state index is 10.7. The van der Waals surface area contributed by atoms with Gasteiger partial charge in [-0.05, 0) is 18.8 Å². The van der Waals surface area contributed by atoms with Gasteiger partial charge in [0.25, 0.3) is 0 Å². The van der Waals surface area contributed by atoms with E-state index in [4.69, 9.17) is 9.84 Å². The van der Waals surface area contributed by atoms with E-state index >= 15 is 0 Å². The van der Waals surface area contributed by atoms with Crippen LogP contribution in [0.2, 0.25) is 0 Å². The summed E-state index contributed by atoms with van der Waals surface area (Å²) in [5.41, 5.74) is 0. The topological polar surface area (TPSA) is 46.5 Å². The fourth-order valence-corrected chi connectivity index (χ4v) is 1.93. The molecule has 70 valence electrons. The molecule has 0 aromatic heterocycles. The van der Waals surface area contributed by atoms with E-state index < -0.39 is 12.1 Å². The average molecular weight is 172 g/mol. The van der Waals surface area contributed by atoms with Gasteiger partial charge >= 0.3 is 5.97 Å². The first-order chi connectivity index (χ1) is 5.75. The van der Waals surface area contributed by atoms with Gasteiger partial charge in [0.05, 0.1) is 0 Å². The molecule has 1 N–H and O–H groups in total. The van der Waals surface area contributed by atoms with Crippen molar-refractivity contribution in [2.45, 2.75) is 38.2 Å². The van der Waals surface area contributed by atoms with Crippen LogP contribution in [0.15, 0.2) is 0 Å². The van der Waals surface area contributed by atoms with Gasteiger partial charge in [0.2, 0.25) is 0 Å². The first-order valence-corrected chi connectivity index (χ1v) is 4.51. The van der Waals surface area contributed by atoms with Crippen molar-refractivity contribution in [3.8, 4) is 0 Å². The molecule has 12 heavy (non-hydrogen) atoms. The molecule has 3 heteroatoms. The lowest BCUT2D eigenvalue weighted by molar-refractivity contribution is -0.152. The molecule has 1 rings (SSSR count). The lowest BCUT2D eigenvalue weighted by Crippen LogP contribution is -2.32. The molecule has 1 aliphatic carbocycles. The second kappa shape index (κ2) is 4.45. The molecule has 1 saturated carbocycles. The molecular formula is C9H16O3. The Hall–Kier alpha value is -0.570. The van der Waals surface area contributed by atoms with Gasteiger partial charge in [0, 0.05) is 7.11 Å². The van der Waals surface area contributed by atoms with Gasteiger partial charge in [-0.15, -0.1) is 0 Å². The highest BCUT2D eigenvalue weighted by atomic mass is 16.5. The van der Waals surface area contributed by atoms with Gasteiger partial charge in [0.1, 0.15) is 0 Å². The van der Waals surface area contributed by atoms with Gasteiger partial charge < -0.3 is 9.84 Å². The molecule has 0 aromatic carbocycles. The highest BCUT2D eigenvalue weighted by molar-refractivity contribution is 5.72. The minimum atomic E-state index is -0.815. The fraction of sp³-hybridized carbons (Fsp3) is 0.889. The van der Waals surface area contributed by atoms with Crippen LogP contribution in [0, 0.1) is 5.92 Å². The normalized spacial score (nSPS) is 22.1. The van der Waals surface area contributed by atoms with Crippen LogP contribution in [0.1, 0.15) is 32.1 Å². The molecule has 3 nitrogen and oxygen atoms in total. The summed E-state index contributed by atoms with van der Waals surface area (Å²) in [4.78, 5) is 10.7. The van der Waals surface area contributed by atoms with E-state index in [0.29, 0.717) is 0 Å². The van der Waals surface area contributed by atoms with E-state index in [1.807, 2.05) is 0 Å². The van der Waals surface area contributed by atoms with E-state index in [2.05, 4.69) is 0 Å². The third kappa shape index (κ3) is 2.21. The SMILES string of the molecule is CO[C@H](C(=O)O)C1CCCCC1. The average Bonchev–Trinajstić information content (AvgIpc) is 2.07. The quantitative estimate of drug-likeness (QED) is 0.704. The summed E-state index contributed by atoms with van der Waals surface area (Å²) in [6, 6.07) is 0. The minimum absolute atomic E-state index is 0.237. The Kier molecular flexibility index (Phi) is 3.53. The molecule has 0 heterocycles. The van der Waals surface area contributed by atoms with Crippen LogP contribution < -0.4 is 0 Å². The number of hydrogen-bond acceptors (Lipinski definition) is 2. The van der Waals surface area contributed by atoms with Crippen LogP contribution in [0.5, 0.6) is 0 Å². The maximum absolute atomic E-state index is 10.7. The van der Waals surface area contributed by atoms with E-state index in [1.54, 1.807) is 0 Å². The van der Waals surface area contributed by atoms with Crippen molar-refractivity contribution in [2.75, 3.05) is 7.11 Å². The number of aliphatic carboxylic acids is 1. The van der Waals surface area contributed by atoms with Gasteiger partial charge in [-0.1, -0.05) is 19.3 Å². The Morgan fingerprint density at radius 2 is 2.00 bits per heavy atom. The number of carboxylic acids is 1. The Bertz CT molecular complexity index is 150. The smallest absolute Gasteiger partial charge is 0.333 e. The second-order valence-corrected chi connectivity index (χ2v) is 3.39. The molecular weight excluding hydrogens is 156 g/mol. The molecule has 0 radical (unpaired) electrons. The Labute approximate surface area is 72.7 Å². The molecule has 0 spiro atoms. The van der Waals surface area contributed by atoms with Gasteiger partial charge in [-0.3, -0.25) is 0 Å². The van der Waals surface area contributed by atoms with Crippen molar-refractivity contribution in [1.29, 1.82) is 0 Å². The third-order valence-corrected chi connectivity index (χ3v) is 2.58. The van der Waals surface area contributed by atoms with Crippen molar-refractivity contribution in [3.63, 3.8) is 0 Å². The van der Waals surface area contributed by atoms with Crippen LogP contribution in [-0.4, -0.2) is 24.3 Å². The van der Waals surface area contributed by atoms with Gasteiger partial charge in [-0.2, -0.15) is 0 Å². The predicted octanol–water partition coefficient (Wildman–Crippen LogP) is 1.67. The zero-order valence-electron chi connectivity index (χ0n) is 7.45. The standard InChI is InChI=1S/C9H16O3/c1-12-8(9(10)11)7-5-3-2-4-6-7/h7-8H,2-6H2,1H3,(H,10,11)/t8-/m0/s1. The molecule has 0 amide bonds. The van der Waals surface area contributed by atoms with E-state index in [1.165, 1.54) is 13.5 Å². The maximum Gasteiger partial charge on any atom is 0.333 e. The lowest BCUT2D eigenvalue weighted by atomic mass is 9.85.